The average molecular weight is 628 g/mol. The van der Waals surface area contributed by atoms with Crippen LogP contribution in [0.15, 0.2) is 0 Å². The van der Waals surface area contributed by atoms with Crippen LogP contribution in [0.4, 0.5) is 0 Å². The van der Waals surface area contributed by atoms with E-state index in [0.29, 0.717) is 23.0 Å². The SMILES string of the molecule is CCOC(=O)C(NC(=O)CCCCCCCCCCCCCCCCC(=O)O[Si](C(C)C)(C(C)C)C(C)C)C(=O)OCC. The van der Waals surface area contributed by atoms with Gasteiger partial charge in [0.1, 0.15) is 0 Å². The quantitative estimate of drug-likeness (QED) is 0.0443. The first kappa shape index (κ1) is 41.1. The van der Waals surface area contributed by atoms with E-state index in [0.717, 1.165) is 38.5 Å². The number of carbonyl (C=O) groups excluding carboxylic acids is 4. The van der Waals surface area contributed by atoms with Crippen LogP contribution in [-0.4, -0.2) is 51.4 Å². The Morgan fingerprint density at radius 2 is 0.860 bits per heavy atom. The summed E-state index contributed by atoms with van der Waals surface area (Å²) in [6, 6.07) is -1.39. The molecule has 0 bridgehead atoms. The first-order valence-corrected chi connectivity index (χ1v) is 19.4. The molecule has 8 nitrogen and oxygen atoms in total. The van der Waals surface area contributed by atoms with Crippen molar-refractivity contribution in [2.45, 2.75) is 181 Å². The number of hydrogen-bond acceptors (Lipinski definition) is 7. The second-order valence-electron chi connectivity index (χ2n) is 12.7. The molecule has 0 aromatic heterocycles. The normalized spacial score (nSPS) is 11.8. The van der Waals surface area contributed by atoms with Crippen LogP contribution in [-0.2, 0) is 33.1 Å². The van der Waals surface area contributed by atoms with Crippen LogP contribution in [0.5, 0.6) is 0 Å². The highest BCUT2D eigenvalue weighted by Gasteiger charge is 2.48. The molecular formula is C34H65NO7Si. The lowest BCUT2D eigenvalue weighted by molar-refractivity contribution is -0.159. The van der Waals surface area contributed by atoms with Gasteiger partial charge in [-0.15, -0.1) is 0 Å². The fraction of sp³-hybridized carbons (Fsp3) is 0.882. The molecule has 252 valence electrons. The highest BCUT2D eigenvalue weighted by Crippen LogP contribution is 2.42. The minimum absolute atomic E-state index is 0.0171. The lowest BCUT2D eigenvalue weighted by Gasteiger charge is -2.41. The Kier molecular flexibility index (Phi) is 23.3. The summed E-state index contributed by atoms with van der Waals surface area (Å²) in [5, 5.41) is 2.45. The standard InChI is InChI=1S/C34H65NO7Si/c1-9-40-33(38)32(34(39)41-10-2)35-30(36)25-23-21-19-17-15-13-11-12-14-16-18-20-22-24-26-31(37)42-43(27(3)4,28(5)6)29(7)8/h27-29,32H,9-26H2,1-8H3,(H,35,36). The van der Waals surface area contributed by atoms with Crippen molar-refractivity contribution in [3.8, 4) is 0 Å². The Morgan fingerprint density at radius 1 is 0.535 bits per heavy atom. The third-order valence-corrected chi connectivity index (χ3v) is 14.4. The lowest BCUT2D eigenvalue weighted by Crippen LogP contribution is -2.49. The molecule has 1 N–H and O–H groups in total. The van der Waals surface area contributed by atoms with Crippen molar-refractivity contribution < 1.29 is 33.1 Å². The van der Waals surface area contributed by atoms with Crippen LogP contribution in [0.2, 0.25) is 16.6 Å². The molecule has 9 heteroatoms. The van der Waals surface area contributed by atoms with Crippen molar-refractivity contribution in [3.63, 3.8) is 0 Å². The van der Waals surface area contributed by atoms with Crippen molar-refractivity contribution in [1.29, 1.82) is 0 Å². The van der Waals surface area contributed by atoms with E-state index in [1.807, 2.05) is 0 Å². The first-order valence-electron chi connectivity index (χ1n) is 17.3. The van der Waals surface area contributed by atoms with Gasteiger partial charge in [-0.1, -0.05) is 119 Å². The molecule has 0 radical (unpaired) electrons. The number of rotatable bonds is 26. The zero-order valence-corrected chi connectivity index (χ0v) is 29.9. The summed E-state index contributed by atoms with van der Waals surface area (Å²) in [6.45, 7) is 16.9. The summed E-state index contributed by atoms with van der Waals surface area (Å²) in [7, 11) is -2.11. The van der Waals surface area contributed by atoms with Gasteiger partial charge in [0.15, 0.2) is 0 Å². The average Bonchev–Trinajstić information content (AvgIpc) is 2.93. The van der Waals surface area contributed by atoms with Crippen LogP contribution < -0.4 is 5.32 Å². The summed E-state index contributed by atoms with van der Waals surface area (Å²) < 4.78 is 16.0. The number of carbonyl (C=O) groups is 4. The summed E-state index contributed by atoms with van der Waals surface area (Å²) >= 11 is 0. The molecular weight excluding hydrogens is 562 g/mol. The van der Waals surface area contributed by atoms with Crippen molar-refractivity contribution in [2.24, 2.45) is 0 Å². The van der Waals surface area contributed by atoms with E-state index in [-0.39, 0.29) is 31.5 Å². The van der Waals surface area contributed by atoms with Gasteiger partial charge in [-0.3, -0.25) is 9.59 Å². The molecule has 0 saturated carbocycles. The van der Waals surface area contributed by atoms with Crippen LogP contribution in [0.1, 0.15) is 158 Å². The van der Waals surface area contributed by atoms with E-state index in [1.165, 1.54) is 51.4 Å². The van der Waals surface area contributed by atoms with Crippen molar-refractivity contribution in [1.82, 2.24) is 5.32 Å². The third kappa shape index (κ3) is 17.2. The van der Waals surface area contributed by atoms with E-state index in [4.69, 9.17) is 13.9 Å². The molecule has 0 spiro atoms. The molecule has 0 aromatic rings. The lowest BCUT2D eigenvalue weighted by atomic mass is 10.0. The van der Waals surface area contributed by atoms with Gasteiger partial charge >= 0.3 is 11.9 Å². The summed E-state index contributed by atoms with van der Waals surface area (Å²) in [6.07, 6.45) is 16.8. The minimum Gasteiger partial charge on any atom is -0.518 e. The molecule has 0 aliphatic rings. The summed E-state index contributed by atoms with van der Waals surface area (Å²) in [5.74, 6) is -1.89. The van der Waals surface area contributed by atoms with Gasteiger partial charge in [0, 0.05) is 12.8 Å². The monoisotopic (exact) mass is 627 g/mol. The Bertz CT molecular complexity index is 745. The van der Waals surface area contributed by atoms with Gasteiger partial charge in [-0.05, 0) is 43.3 Å². The maximum Gasteiger partial charge on any atom is 0.340 e. The molecule has 0 heterocycles. The second kappa shape index (κ2) is 24.4. The smallest absolute Gasteiger partial charge is 0.340 e. The number of nitrogens with one attached hydrogen (secondary N) is 1. The molecule has 0 atom stereocenters. The molecule has 0 unspecified atom stereocenters. The third-order valence-electron chi connectivity index (χ3n) is 8.38. The largest absolute Gasteiger partial charge is 0.518 e. The van der Waals surface area contributed by atoms with Crippen LogP contribution in [0.25, 0.3) is 0 Å². The molecule has 0 fully saturated rings. The molecule has 0 saturated heterocycles. The summed E-state index contributed by atoms with van der Waals surface area (Å²) in [4.78, 5) is 48.7. The zero-order valence-electron chi connectivity index (χ0n) is 28.9. The van der Waals surface area contributed by atoms with Gasteiger partial charge in [-0.25, -0.2) is 9.59 Å². The van der Waals surface area contributed by atoms with Crippen molar-refractivity contribution in [2.75, 3.05) is 13.2 Å². The molecule has 0 aliphatic carbocycles. The topological polar surface area (TPSA) is 108 Å². The minimum atomic E-state index is -2.11. The zero-order chi connectivity index (χ0) is 32.7. The second-order valence-corrected chi connectivity index (χ2v) is 18.1. The van der Waals surface area contributed by atoms with Crippen molar-refractivity contribution >= 4 is 32.1 Å². The fourth-order valence-corrected chi connectivity index (χ4v) is 11.4. The Balaban J connectivity index is 3.80. The number of ether oxygens (including phenoxy) is 2. The van der Waals surface area contributed by atoms with Crippen LogP contribution in [0.3, 0.4) is 0 Å². The molecule has 43 heavy (non-hydrogen) atoms. The molecule has 0 aromatic carbocycles. The van der Waals surface area contributed by atoms with Crippen molar-refractivity contribution in [3.05, 3.63) is 0 Å². The number of esters is 2. The van der Waals surface area contributed by atoms with E-state index in [1.54, 1.807) is 13.8 Å². The number of unbranched alkanes of at least 4 members (excludes halogenated alkanes) is 13. The van der Waals surface area contributed by atoms with Gasteiger partial charge in [-0.2, -0.15) is 0 Å². The van der Waals surface area contributed by atoms with E-state index >= 15 is 0 Å². The van der Waals surface area contributed by atoms with E-state index in [9.17, 15) is 19.2 Å². The van der Waals surface area contributed by atoms with Gasteiger partial charge in [0.2, 0.25) is 11.9 Å². The van der Waals surface area contributed by atoms with Crippen LogP contribution in [0, 0.1) is 0 Å². The maximum absolute atomic E-state index is 12.6. The van der Waals surface area contributed by atoms with Gasteiger partial charge < -0.3 is 19.2 Å². The Labute approximate surface area is 264 Å². The highest BCUT2D eigenvalue weighted by molar-refractivity contribution is 6.78. The van der Waals surface area contributed by atoms with E-state index in [2.05, 4.69) is 46.9 Å². The number of hydrogen-bond donors (Lipinski definition) is 1. The highest BCUT2D eigenvalue weighted by atomic mass is 28.4. The fourth-order valence-electron chi connectivity index (χ4n) is 6.18. The van der Waals surface area contributed by atoms with E-state index < -0.39 is 26.3 Å². The number of amides is 1. The molecule has 0 rings (SSSR count). The Hall–Kier alpha value is -1.90. The molecule has 1 amide bonds. The predicted molar refractivity (Wildman–Crippen MR) is 176 cm³/mol. The first-order chi connectivity index (χ1) is 20.4. The molecule has 0 aliphatic heterocycles. The van der Waals surface area contributed by atoms with Crippen LogP contribution >= 0.6 is 0 Å². The van der Waals surface area contributed by atoms with Gasteiger partial charge in [0.25, 0.3) is 14.3 Å². The predicted octanol–water partition coefficient (Wildman–Crippen LogP) is 8.56. The summed E-state index contributed by atoms with van der Waals surface area (Å²) in [5.41, 5.74) is 1.30. The Morgan fingerprint density at radius 3 is 1.19 bits per heavy atom. The maximum atomic E-state index is 12.6. The van der Waals surface area contributed by atoms with Gasteiger partial charge in [0.05, 0.1) is 13.2 Å².